The van der Waals surface area contributed by atoms with Gasteiger partial charge in [0.1, 0.15) is 5.75 Å². The van der Waals surface area contributed by atoms with E-state index in [0.29, 0.717) is 19.1 Å². The molecule has 0 aromatic heterocycles. The molecule has 0 fully saturated rings. The minimum atomic E-state index is -0.764. The van der Waals surface area contributed by atoms with Gasteiger partial charge in [0.05, 0.1) is 13.0 Å². The van der Waals surface area contributed by atoms with Crippen molar-refractivity contribution in [1.29, 1.82) is 0 Å². The number of anilines is 1. The molecule has 0 aliphatic carbocycles. The Labute approximate surface area is 115 Å². The lowest BCUT2D eigenvalue weighted by Crippen LogP contribution is -2.29. The molecule has 0 aliphatic rings. The second-order valence-corrected chi connectivity index (χ2v) is 4.91. The summed E-state index contributed by atoms with van der Waals surface area (Å²) in [5.74, 6) is 0.564. The van der Waals surface area contributed by atoms with Gasteiger partial charge in [-0.1, -0.05) is 13.8 Å². The molecule has 1 rings (SSSR count). The molecule has 0 saturated carbocycles. The molecule has 0 atom stereocenters. The molecule has 0 aliphatic heterocycles. The Morgan fingerprint density at radius 2 is 1.95 bits per heavy atom. The predicted molar refractivity (Wildman–Crippen MR) is 76.9 cm³/mol. The number of hydrogen-bond acceptors (Lipinski definition) is 3. The van der Waals surface area contributed by atoms with E-state index in [9.17, 15) is 4.79 Å². The number of benzene rings is 1. The molecule has 1 aromatic carbocycles. The van der Waals surface area contributed by atoms with Crippen LogP contribution in [0.1, 0.15) is 27.2 Å². The van der Waals surface area contributed by atoms with Crippen molar-refractivity contribution in [3.63, 3.8) is 0 Å². The molecule has 106 valence electrons. The fourth-order valence-electron chi connectivity index (χ4n) is 1.92. The van der Waals surface area contributed by atoms with Crippen molar-refractivity contribution in [2.24, 2.45) is 5.92 Å². The summed E-state index contributed by atoms with van der Waals surface area (Å²) in [7, 11) is 0. The van der Waals surface area contributed by atoms with Crippen molar-refractivity contribution in [2.45, 2.75) is 27.2 Å². The number of hydrogen-bond donors (Lipinski definition) is 1. The highest BCUT2D eigenvalue weighted by Gasteiger charge is 2.10. The monoisotopic (exact) mass is 265 g/mol. The molecule has 19 heavy (non-hydrogen) atoms. The largest absolute Gasteiger partial charge is 0.494 e. The average Bonchev–Trinajstić information content (AvgIpc) is 2.35. The lowest BCUT2D eigenvalue weighted by Gasteiger charge is -2.26. The second kappa shape index (κ2) is 7.67. The Morgan fingerprint density at radius 1 is 1.32 bits per heavy atom. The van der Waals surface area contributed by atoms with Crippen molar-refractivity contribution >= 4 is 11.7 Å². The Balaban J connectivity index is 2.74. The molecule has 1 N–H and O–H groups in total. The minimum Gasteiger partial charge on any atom is -0.494 e. The number of carboxylic acid groups (broad SMARTS) is 1. The summed E-state index contributed by atoms with van der Waals surface area (Å²) in [5.41, 5.74) is 1.04. The van der Waals surface area contributed by atoms with E-state index in [1.807, 2.05) is 31.2 Å². The van der Waals surface area contributed by atoms with Crippen LogP contribution in [-0.2, 0) is 4.79 Å². The molecule has 0 bridgehead atoms. The van der Waals surface area contributed by atoms with E-state index in [0.717, 1.165) is 18.0 Å². The summed E-state index contributed by atoms with van der Waals surface area (Å²) in [6.45, 7) is 8.23. The highest BCUT2D eigenvalue weighted by molar-refractivity contribution is 5.67. The highest BCUT2D eigenvalue weighted by Crippen LogP contribution is 2.20. The molecule has 4 nitrogen and oxygen atoms in total. The fraction of sp³-hybridized carbons (Fsp3) is 0.533. The van der Waals surface area contributed by atoms with Crippen LogP contribution in [0.5, 0.6) is 5.75 Å². The first-order valence-electron chi connectivity index (χ1n) is 6.72. The van der Waals surface area contributed by atoms with Crippen molar-refractivity contribution in [3.05, 3.63) is 24.3 Å². The van der Waals surface area contributed by atoms with Gasteiger partial charge in [-0.15, -0.1) is 0 Å². The number of ether oxygens (including phenoxy) is 1. The predicted octanol–water partition coefficient (Wildman–Crippen LogP) is 3.02. The number of rotatable bonds is 8. The second-order valence-electron chi connectivity index (χ2n) is 4.91. The zero-order chi connectivity index (χ0) is 14.3. The molecular formula is C15H23NO3. The third-order valence-corrected chi connectivity index (χ3v) is 2.69. The topological polar surface area (TPSA) is 49.8 Å². The molecule has 0 heterocycles. The van der Waals surface area contributed by atoms with Crippen LogP contribution >= 0.6 is 0 Å². The van der Waals surface area contributed by atoms with E-state index in [1.54, 1.807) is 0 Å². The molecule has 0 radical (unpaired) electrons. The van der Waals surface area contributed by atoms with Crippen LogP contribution in [0.2, 0.25) is 0 Å². The van der Waals surface area contributed by atoms with Crippen molar-refractivity contribution in [2.75, 3.05) is 24.6 Å². The lowest BCUT2D eigenvalue weighted by molar-refractivity contribution is -0.136. The maximum Gasteiger partial charge on any atom is 0.305 e. The van der Waals surface area contributed by atoms with Gasteiger partial charge in [-0.3, -0.25) is 4.79 Å². The third kappa shape index (κ3) is 5.64. The smallest absolute Gasteiger partial charge is 0.305 e. The van der Waals surface area contributed by atoms with Gasteiger partial charge in [-0.05, 0) is 37.1 Å². The molecule has 4 heteroatoms. The Morgan fingerprint density at radius 3 is 2.42 bits per heavy atom. The van der Waals surface area contributed by atoms with Gasteiger partial charge in [-0.25, -0.2) is 0 Å². The van der Waals surface area contributed by atoms with Crippen LogP contribution in [0.15, 0.2) is 24.3 Å². The van der Waals surface area contributed by atoms with E-state index in [1.165, 1.54) is 0 Å². The van der Waals surface area contributed by atoms with Crippen LogP contribution in [0.3, 0.4) is 0 Å². The maximum absolute atomic E-state index is 10.7. The molecule has 0 saturated heterocycles. The van der Waals surface area contributed by atoms with E-state index < -0.39 is 5.97 Å². The summed E-state index contributed by atoms with van der Waals surface area (Å²) >= 11 is 0. The Hall–Kier alpha value is -1.71. The Kier molecular flexibility index (Phi) is 6.19. The van der Waals surface area contributed by atoms with Gasteiger partial charge in [0.25, 0.3) is 0 Å². The molecule has 0 amide bonds. The van der Waals surface area contributed by atoms with Crippen molar-refractivity contribution < 1.29 is 14.6 Å². The summed E-state index contributed by atoms with van der Waals surface area (Å²) in [5, 5.41) is 8.81. The zero-order valence-electron chi connectivity index (χ0n) is 11.9. The number of nitrogens with zero attached hydrogens (tertiary/aromatic N) is 1. The van der Waals surface area contributed by atoms with Crippen LogP contribution in [-0.4, -0.2) is 30.8 Å². The lowest BCUT2D eigenvalue weighted by atomic mass is 10.1. The first-order chi connectivity index (χ1) is 9.02. The van der Waals surface area contributed by atoms with Crippen LogP contribution in [0.25, 0.3) is 0 Å². The Bertz CT molecular complexity index is 387. The minimum absolute atomic E-state index is 0.153. The molecule has 0 spiro atoms. The van der Waals surface area contributed by atoms with Gasteiger partial charge in [0.2, 0.25) is 0 Å². The summed E-state index contributed by atoms with van der Waals surface area (Å²) in [4.78, 5) is 12.8. The van der Waals surface area contributed by atoms with Crippen LogP contribution < -0.4 is 9.64 Å². The standard InChI is InChI=1S/C15H23NO3/c1-4-19-14-7-5-13(6-8-14)16(11-12(2)3)10-9-15(17)18/h5-8,12H,4,9-11H2,1-3H3,(H,17,18). The zero-order valence-corrected chi connectivity index (χ0v) is 11.9. The maximum atomic E-state index is 10.7. The quantitative estimate of drug-likeness (QED) is 0.785. The van der Waals surface area contributed by atoms with Crippen LogP contribution in [0.4, 0.5) is 5.69 Å². The van der Waals surface area contributed by atoms with E-state index >= 15 is 0 Å². The van der Waals surface area contributed by atoms with E-state index in [4.69, 9.17) is 9.84 Å². The number of aliphatic carboxylic acids is 1. The first-order valence-corrected chi connectivity index (χ1v) is 6.72. The SMILES string of the molecule is CCOc1ccc(N(CCC(=O)O)CC(C)C)cc1. The molecule has 0 unspecified atom stereocenters. The van der Waals surface area contributed by atoms with E-state index in [-0.39, 0.29) is 6.42 Å². The van der Waals surface area contributed by atoms with Gasteiger partial charge in [-0.2, -0.15) is 0 Å². The number of carbonyl (C=O) groups is 1. The number of carboxylic acids is 1. The summed E-state index contributed by atoms with van der Waals surface area (Å²) in [6, 6.07) is 7.81. The van der Waals surface area contributed by atoms with Gasteiger partial charge in [0, 0.05) is 18.8 Å². The first kappa shape index (κ1) is 15.3. The average molecular weight is 265 g/mol. The van der Waals surface area contributed by atoms with Gasteiger partial charge in [0.15, 0.2) is 0 Å². The fourth-order valence-corrected chi connectivity index (χ4v) is 1.92. The van der Waals surface area contributed by atoms with Crippen molar-refractivity contribution in [1.82, 2.24) is 0 Å². The highest BCUT2D eigenvalue weighted by atomic mass is 16.5. The van der Waals surface area contributed by atoms with Crippen LogP contribution in [0, 0.1) is 5.92 Å². The summed E-state index contributed by atoms with van der Waals surface area (Å²) in [6.07, 6.45) is 0.153. The summed E-state index contributed by atoms with van der Waals surface area (Å²) < 4.78 is 5.41. The normalized spacial score (nSPS) is 10.5. The van der Waals surface area contributed by atoms with Crippen molar-refractivity contribution in [3.8, 4) is 5.75 Å². The molecule has 1 aromatic rings. The van der Waals surface area contributed by atoms with Gasteiger partial charge < -0.3 is 14.7 Å². The van der Waals surface area contributed by atoms with E-state index in [2.05, 4.69) is 18.7 Å². The van der Waals surface area contributed by atoms with Gasteiger partial charge >= 0.3 is 5.97 Å². The molecular weight excluding hydrogens is 242 g/mol. The third-order valence-electron chi connectivity index (χ3n) is 2.69.